The molecule has 0 bridgehead atoms. The number of hydrogen-bond donors (Lipinski definition) is 0. The van der Waals surface area contributed by atoms with E-state index in [-0.39, 0.29) is 5.41 Å². The van der Waals surface area contributed by atoms with Gasteiger partial charge in [0.25, 0.3) is 0 Å². The molecule has 60 heavy (non-hydrogen) atoms. The van der Waals surface area contributed by atoms with Gasteiger partial charge < -0.3 is 0 Å². The Morgan fingerprint density at radius 2 is 0.733 bits per heavy atom. The minimum atomic E-state index is -0.535. The van der Waals surface area contributed by atoms with Crippen molar-refractivity contribution in [3.63, 3.8) is 0 Å². The van der Waals surface area contributed by atoms with Crippen LogP contribution in [0.15, 0.2) is 200 Å². The highest BCUT2D eigenvalue weighted by molar-refractivity contribution is 5.94. The Hall–Kier alpha value is -7.49. The van der Waals surface area contributed by atoms with Crippen molar-refractivity contribution >= 4 is 21.5 Å². The smallest absolute Gasteiger partial charge is 0.164 e. The molecule has 3 heteroatoms. The second-order valence-electron chi connectivity index (χ2n) is 16.8. The number of fused-ring (bicyclic) bond motifs is 8. The van der Waals surface area contributed by atoms with Crippen molar-refractivity contribution in [2.75, 3.05) is 0 Å². The molecule has 0 N–H and O–H groups in total. The van der Waals surface area contributed by atoms with Crippen LogP contribution in [0.1, 0.15) is 47.2 Å². The third kappa shape index (κ3) is 5.05. The Labute approximate surface area is 349 Å². The van der Waals surface area contributed by atoms with E-state index < -0.39 is 5.41 Å². The van der Waals surface area contributed by atoms with E-state index in [2.05, 4.69) is 214 Å². The Balaban J connectivity index is 1.08. The zero-order valence-corrected chi connectivity index (χ0v) is 33.4. The fourth-order valence-corrected chi connectivity index (χ4v) is 10.2. The van der Waals surface area contributed by atoms with E-state index in [9.17, 15) is 0 Å². The van der Waals surface area contributed by atoms with Crippen LogP contribution in [-0.4, -0.2) is 15.0 Å². The van der Waals surface area contributed by atoms with Gasteiger partial charge in [-0.2, -0.15) is 0 Å². The van der Waals surface area contributed by atoms with Crippen LogP contribution in [0.4, 0.5) is 0 Å². The van der Waals surface area contributed by atoms with Crippen molar-refractivity contribution in [1.82, 2.24) is 15.0 Å². The van der Waals surface area contributed by atoms with E-state index in [0.29, 0.717) is 17.5 Å². The van der Waals surface area contributed by atoms with Crippen LogP contribution in [0.5, 0.6) is 0 Å². The first kappa shape index (κ1) is 34.5. The van der Waals surface area contributed by atoms with Gasteiger partial charge in [-0.05, 0) is 108 Å². The molecule has 1 aromatic heterocycles. The highest BCUT2D eigenvalue weighted by Gasteiger charge is 2.46. The molecule has 0 saturated heterocycles. The summed E-state index contributed by atoms with van der Waals surface area (Å²) >= 11 is 0. The zero-order chi connectivity index (χ0) is 40.0. The average Bonchev–Trinajstić information content (AvgIpc) is 3.73. The molecule has 0 amide bonds. The fourth-order valence-electron chi connectivity index (χ4n) is 10.2. The predicted molar refractivity (Wildman–Crippen MR) is 246 cm³/mol. The summed E-state index contributed by atoms with van der Waals surface area (Å²) in [6.45, 7) is 4.67. The lowest BCUT2D eigenvalue weighted by Crippen LogP contribution is -2.28. The minimum Gasteiger partial charge on any atom is -0.208 e. The Kier molecular flexibility index (Phi) is 7.49. The maximum absolute atomic E-state index is 5.37. The SMILES string of the molecule is CC1(C)c2cc(-c3nc(-c4ccc5c(c4)C(c4ccccc4)(c4ccccc4)c4ccccc4-5)nc(-c4ccc5ccccc5c4)n3)ccc2-c2cc3ccccc3cc21. The van der Waals surface area contributed by atoms with Gasteiger partial charge >= 0.3 is 0 Å². The summed E-state index contributed by atoms with van der Waals surface area (Å²) in [5, 5.41) is 4.85. The van der Waals surface area contributed by atoms with E-state index in [1.807, 2.05) is 0 Å². The monoisotopic (exact) mass is 765 g/mol. The standard InChI is InChI=1S/C57H39N3/c1-56(2)50-34-41(28-30-47(50)48-32-38-17-11-12-18-39(38)33-51(48)56)54-58-53(40-26-25-36-15-9-10-16-37(36)31-40)59-55(60-54)42-27-29-46-45-23-13-14-24-49(45)57(52(46)35-42,43-19-5-3-6-20-43)44-21-7-4-8-22-44/h3-35H,1-2H3. The molecule has 0 atom stereocenters. The van der Waals surface area contributed by atoms with Crippen molar-refractivity contribution in [3.8, 4) is 56.4 Å². The van der Waals surface area contributed by atoms with Crippen LogP contribution in [0.3, 0.4) is 0 Å². The Bertz CT molecular complexity index is 3310. The molecule has 0 unspecified atom stereocenters. The molecule has 0 fully saturated rings. The van der Waals surface area contributed by atoms with Gasteiger partial charge in [0.05, 0.1) is 5.41 Å². The van der Waals surface area contributed by atoms with Crippen molar-refractivity contribution in [2.45, 2.75) is 24.7 Å². The van der Waals surface area contributed by atoms with Gasteiger partial charge in [0.15, 0.2) is 17.5 Å². The largest absolute Gasteiger partial charge is 0.208 e. The minimum absolute atomic E-state index is 0.199. The molecule has 2 aliphatic carbocycles. The molecule has 9 aromatic carbocycles. The van der Waals surface area contributed by atoms with Crippen LogP contribution < -0.4 is 0 Å². The molecule has 12 rings (SSSR count). The highest BCUT2D eigenvalue weighted by Crippen LogP contribution is 2.57. The van der Waals surface area contributed by atoms with Gasteiger partial charge in [-0.25, -0.2) is 15.0 Å². The molecule has 0 spiro atoms. The van der Waals surface area contributed by atoms with Gasteiger partial charge in [-0.15, -0.1) is 0 Å². The number of benzene rings is 9. The van der Waals surface area contributed by atoms with Crippen LogP contribution in [0.2, 0.25) is 0 Å². The summed E-state index contributed by atoms with van der Waals surface area (Å²) < 4.78 is 0. The van der Waals surface area contributed by atoms with Crippen LogP contribution >= 0.6 is 0 Å². The molecule has 0 saturated carbocycles. The van der Waals surface area contributed by atoms with Crippen molar-refractivity contribution in [2.24, 2.45) is 0 Å². The molecule has 0 aliphatic heterocycles. The average molecular weight is 766 g/mol. The number of aromatic nitrogens is 3. The van der Waals surface area contributed by atoms with Crippen molar-refractivity contribution < 1.29 is 0 Å². The van der Waals surface area contributed by atoms with Crippen LogP contribution in [0, 0.1) is 0 Å². The lowest BCUT2D eigenvalue weighted by atomic mass is 9.67. The number of nitrogens with zero attached hydrogens (tertiary/aromatic N) is 3. The molecule has 2 aliphatic rings. The topological polar surface area (TPSA) is 38.7 Å². The van der Waals surface area contributed by atoms with Gasteiger partial charge in [0, 0.05) is 22.1 Å². The van der Waals surface area contributed by atoms with Gasteiger partial charge in [0.1, 0.15) is 0 Å². The van der Waals surface area contributed by atoms with Crippen LogP contribution in [0.25, 0.3) is 78.0 Å². The third-order valence-corrected chi connectivity index (χ3v) is 13.2. The summed E-state index contributed by atoms with van der Waals surface area (Å²) in [7, 11) is 0. The molecular weight excluding hydrogens is 727 g/mol. The summed E-state index contributed by atoms with van der Waals surface area (Å²) in [6, 6.07) is 72.6. The van der Waals surface area contributed by atoms with Crippen LogP contribution in [-0.2, 0) is 10.8 Å². The van der Waals surface area contributed by atoms with Gasteiger partial charge in [-0.1, -0.05) is 184 Å². The first-order chi connectivity index (χ1) is 29.5. The molecule has 282 valence electrons. The summed E-state index contributed by atoms with van der Waals surface area (Å²) in [5.74, 6) is 1.95. The molecule has 1 heterocycles. The fraction of sp³-hybridized carbons (Fsp3) is 0.0702. The predicted octanol–water partition coefficient (Wildman–Crippen LogP) is 13.8. The second-order valence-corrected chi connectivity index (χ2v) is 16.8. The first-order valence-corrected chi connectivity index (χ1v) is 20.8. The van der Waals surface area contributed by atoms with Gasteiger partial charge in [0.2, 0.25) is 0 Å². The van der Waals surface area contributed by atoms with Crippen molar-refractivity contribution in [1.29, 1.82) is 0 Å². The molecule has 10 aromatic rings. The summed E-state index contributed by atoms with van der Waals surface area (Å²) in [6.07, 6.45) is 0. The first-order valence-electron chi connectivity index (χ1n) is 20.8. The Morgan fingerprint density at radius 1 is 0.300 bits per heavy atom. The molecule has 0 radical (unpaired) electrons. The number of rotatable bonds is 5. The van der Waals surface area contributed by atoms with E-state index >= 15 is 0 Å². The second kappa shape index (κ2) is 13.0. The summed E-state index contributed by atoms with van der Waals surface area (Å²) in [5.41, 5.74) is 14.8. The zero-order valence-electron chi connectivity index (χ0n) is 33.4. The summed E-state index contributed by atoms with van der Waals surface area (Å²) in [4.78, 5) is 16.0. The molecular formula is C57H39N3. The quantitative estimate of drug-likeness (QED) is 0.175. The van der Waals surface area contributed by atoms with E-state index in [4.69, 9.17) is 15.0 Å². The van der Waals surface area contributed by atoms with Crippen molar-refractivity contribution in [3.05, 3.63) is 234 Å². The number of hydrogen-bond acceptors (Lipinski definition) is 3. The van der Waals surface area contributed by atoms with E-state index in [1.54, 1.807) is 0 Å². The lowest BCUT2D eigenvalue weighted by molar-refractivity contribution is 0.661. The maximum Gasteiger partial charge on any atom is 0.164 e. The molecule has 3 nitrogen and oxygen atoms in total. The van der Waals surface area contributed by atoms with Gasteiger partial charge in [-0.3, -0.25) is 0 Å². The third-order valence-electron chi connectivity index (χ3n) is 13.2. The lowest BCUT2D eigenvalue weighted by Gasteiger charge is -2.34. The normalized spacial score (nSPS) is 14.1. The maximum atomic E-state index is 5.37. The Morgan fingerprint density at radius 3 is 1.37 bits per heavy atom. The van der Waals surface area contributed by atoms with E-state index in [0.717, 1.165) is 22.1 Å². The van der Waals surface area contributed by atoms with E-state index in [1.165, 1.54) is 71.8 Å². The highest BCUT2D eigenvalue weighted by atomic mass is 15.0.